The van der Waals surface area contributed by atoms with E-state index < -0.39 is 29.4 Å². The summed E-state index contributed by atoms with van der Waals surface area (Å²) in [6.45, 7) is -0.130. The molecule has 3 N–H and O–H groups in total. The third-order valence-corrected chi connectivity index (χ3v) is 3.87. The number of halogens is 4. The van der Waals surface area contributed by atoms with Gasteiger partial charge in [-0.1, -0.05) is 23.2 Å². The van der Waals surface area contributed by atoms with Gasteiger partial charge in [0.2, 0.25) is 5.91 Å². The predicted octanol–water partition coefficient (Wildman–Crippen LogP) is 2.85. The minimum atomic E-state index is -1.01. The van der Waals surface area contributed by atoms with Crippen molar-refractivity contribution in [2.24, 2.45) is 0 Å². The molecule has 0 aliphatic rings. The van der Waals surface area contributed by atoms with Crippen LogP contribution in [0.3, 0.4) is 0 Å². The van der Waals surface area contributed by atoms with Crippen LogP contribution in [0.15, 0.2) is 36.4 Å². The Morgan fingerprint density at radius 3 is 2.33 bits per heavy atom. The van der Waals surface area contributed by atoms with E-state index in [4.69, 9.17) is 23.2 Å². The van der Waals surface area contributed by atoms with E-state index in [1.165, 1.54) is 18.2 Å². The van der Waals surface area contributed by atoms with Gasteiger partial charge in [-0.05, 0) is 30.3 Å². The molecule has 2 rings (SSSR count). The lowest BCUT2D eigenvalue weighted by Crippen LogP contribution is -2.43. The van der Waals surface area contributed by atoms with E-state index in [2.05, 4.69) is 16.2 Å². The van der Waals surface area contributed by atoms with Crippen molar-refractivity contribution < 1.29 is 23.2 Å². The van der Waals surface area contributed by atoms with E-state index >= 15 is 0 Å². The van der Waals surface area contributed by atoms with Crippen LogP contribution in [-0.4, -0.2) is 24.3 Å². The van der Waals surface area contributed by atoms with Crippen LogP contribution in [0.5, 0.6) is 0 Å². The molecule has 6 nitrogen and oxygen atoms in total. The molecule has 0 bridgehead atoms. The molecule has 0 saturated carbocycles. The number of carbonyl (C=O) groups excluding carboxylic acids is 3. The van der Waals surface area contributed by atoms with Gasteiger partial charge in [-0.25, -0.2) is 8.78 Å². The molecule has 27 heavy (non-hydrogen) atoms. The summed E-state index contributed by atoms with van der Waals surface area (Å²) in [5, 5.41) is 2.76. The molecule has 0 unspecified atom stereocenters. The van der Waals surface area contributed by atoms with E-state index in [1.54, 1.807) is 0 Å². The first kappa shape index (κ1) is 20.6. The predicted molar refractivity (Wildman–Crippen MR) is 95.4 cm³/mol. The fraction of sp³-hybridized carbons (Fsp3) is 0.118. The molecule has 0 fully saturated rings. The van der Waals surface area contributed by atoms with E-state index in [9.17, 15) is 23.2 Å². The van der Waals surface area contributed by atoms with Gasteiger partial charge in [0.05, 0.1) is 16.1 Å². The van der Waals surface area contributed by atoms with Crippen molar-refractivity contribution in [1.82, 2.24) is 16.2 Å². The molecule has 10 heteroatoms. The molecule has 0 aliphatic heterocycles. The Morgan fingerprint density at radius 1 is 0.889 bits per heavy atom. The van der Waals surface area contributed by atoms with Gasteiger partial charge in [0.1, 0.15) is 11.6 Å². The standard InChI is InChI=1S/C17H13Cl2F2N3O3/c18-9-1-4-13(19)12(7-9)17(27)24-23-15(25)5-6-22-16(26)11-3-2-10(20)8-14(11)21/h1-4,7-8H,5-6H2,(H,22,26)(H,23,25)(H,24,27). The van der Waals surface area contributed by atoms with E-state index in [1.807, 2.05) is 0 Å². The second-order valence-electron chi connectivity index (χ2n) is 5.26. The molecule has 0 aliphatic carbocycles. The lowest BCUT2D eigenvalue weighted by Gasteiger charge is -2.09. The quantitative estimate of drug-likeness (QED) is 0.656. The monoisotopic (exact) mass is 415 g/mol. The van der Waals surface area contributed by atoms with Crippen LogP contribution in [0, 0.1) is 11.6 Å². The van der Waals surface area contributed by atoms with Gasteiger partial charge in [-0.15, -0.1) is 0 Å². The topological polar surface area (TPSA) is 87.3 Å². The maximum absolute atomic E-state index is 13.5. The molecule has 2 aromatic carbocycles. The number of rotatable bonds is 5. The first-order valence-electron chi connectivity index (χ1n) is 7.55. The summed E-state index contributed by atoms with van der Waals surface area (Å²) >= 11 is 11.7. The molecule has 2 aromatic rings. The van der Waals surface area contributed by atoms with E-state index in [0.717, 1.165) is 12.1 Å². The van der Waals surface area contributed by atoms with Crippen LogP contribution in [0.4, 0.5) is 8.78 Å². The van der Waals surface area contributed by atoms with Crippen molar-refractivity contribution in [3.05, 3.63) is 69.2 Å². The highest BCUT2D eigenvalue weighted by Gasteiger charge is 2.14. The van der Waals surface area contributed by atoms with Crippen LogP contribution in [0.2, 0.25) is 10.0 Å². The van der Waals surface area contributed by atoms with Crippen LogP contribution >= 0.6 is 23.2 Å². The Balaban J connectivity index is 1.78. The van der Waals surface area contributed by atoms with Crippen LogP contribution < -0.4 is 16.2 Å². The lowest BCUT2D eigenvalue weighted by molar-refractivity contribution is -0.121. The summed E-state index contributed by atoms with van der Waals surface area (Å²) in [4.78, 5) is 35.4. The number of carbonyl (C=O) groups is 3. The summed E-state index contributed by atoms with van der Waals surface area (Å²) in [7, 11) is 0. The molecule has 0 radical (unpaired) electrons. The molecule has 142 valence electrons. The van der Waals surface area contributed by atoms with Gasteiger partial charge in [-0.2, -0.15) is 0 Å². The summed E-state index contributed by atoms with van der Waals surface area (Å²) in [6, 6.07) is 6.80. The number of hydrogen-bond acceptors (Lipinski definition) is 3. The Labute approximate surface area is 162 Å². The molecule has 0 atom stereocenters. The Bertz CT molecular complexity index is 894. The molecule has 0 aromatic heterocycles. The van der Waals surface area contributed by atoms with Crippen molar-refractivity contribution in [2.45, 2.75) is 6.42 Å². The summed E-state index contributed by atoms with van der Waals surface area (Å²) in [5.41, 5.74) is 4.03. The number of nitrogens with one attached hydrogen (secondary N) is 3. The first-order valence-corrected chi connectivity index (χ1v) is 8.31. The molecular formula is C17H13Cl2F2N3O3. The van der Waals surface area contributed by atoms with Gasteiger partial charge in [0, 0.05) is 24.1 Å². The highest BCUT2D eigenvalue weighted by molar-refractivity contribution is 6.35. The number of hydrazine groups is 1. The van der Waals surface area contributed by atoms with Crippen molar-refractivity contribution in [3.8, 4) is 0 Å². The zero-order valence-corrected chi connectivity index (χ0v) is 15.1. The van der Waals surface area contributed by atoms with Crippen LogP contribution in [-0.2, 0) is 4.79 Å². The van der Waals surface area contributed by atoms with Crippen molar-refractivity contribution in [2.75, 3.05) is 6.54 Å². The second-order valence-corrected chi connectivity index (χ2v) is 6.10. The zero-order chi connectivity index (χ0) is 20.0. The lowest BCUT2D eigenvalue weighted by atomic mass is 10.2. The number of hydrogen-bond donors (Lipinski definition) is 3. The fourth-order valence-electron chi connectivity index (χ4n) is 1.99. The van der Waals surface area contributed by atoms with Gasteiger partial charge in [-0.3, -0.25) is 25.2 Å². The zero-order valence-electron chi connectivity index (χ0n) is 13.6. The summed E-state index contributed by atoms with van der Waals surface area (Å²) in [6.07, 6.45) is -0.196. The molecule has 0 spiro atoms. The van der Waals surface area contributed by atoms with Crippen molar-refractivity contribution >= 4 is 40.9 Å². The van der Waals surface area contributed by atoms with Crippen molar-refractivity contribution in [3.63, 3.8) is 0 Å². The summed E-state index contributed by atoms with van der Waals surface area (Å²) in [5.74, 6) is -3.90. The Morgan fingerprint density at radius 2 is 1.63 bits per heavy atom. The molecule has 0 heterocycles. The minimum Gasteiger partial charge on any atom is -0.351 e. The minimum absolute atomic E-state index is 0.0737. The maximum atomic E-state index is 13.5. The summed E-state index contributed by atoms with van der Waals surface area (Å²) < 4.78 is 26.3. The van der Waals surface area contributed by atoms with Crippen molar-refractivity contribution in [1.29, 1.82) is 0 Å². The average molecular weight is 416 g/mol. The third-order valence-electron chi connectivity index (χ3n) is 3.30. The Kier molecular flexibility index (Phi) is 7.09. The normalized spacial score (nSPS) is 10.2. The largest absolute Gasteiger partial charge is 0.351 e. The van der Waals surface area contributed by atoms with Crippen LogP contribution in [0.25, 0.3) is 0 Å². The number of amides is 3. The first-order chi connectivity index (χ1) is 12.8. The second kappa shape index (κ2) is 9.29. The molecular weight excluding hydrogens is 403 g/mol. The van der Waals surface area contributed by atoms with Gasteiger partial charge in [0.15, 0.2) is 0 Å². The Hall–Kier alpha value is -2.71. The third kappa shape index (κ3) is 5.90. The van der Waals surface area contributed by atoms with E-state index in [0.29, 0.717) is 11.1 Å². The van der Waals surface area contributed by atoms with Gasteiger partial charge >= 0.3 is 0 Å². The van der Waals surface area contributed by atoms with Crippen LogP contribution in [0.1, 0.15) is 27.1 Å². The molecule has 3 amide bonds. The van der Waals surface area contributed by atoms with Gasteiger partial charge < -0.3 is 5.32 Å². The smallest absolute Gasteiger partial charge is 0.271 e. The maximum Gasteiger partial charge on any atom is 0.271 e. The SMILES string of the molecule is O=C(CCNC(=O)c1ccc(F)cc1F)NNC(=O)c1cc(Cl)ccc1Cl. The highest BCUT2D eigenvalue weighted by atomic mass is 35.5. The number of benzene rings is 2. The van der Waals surface area contributed by atoms with E-state index in [-0.39, 0.29) is 29.1 Å². The fourth-order valence-corrected chi connectivity index (χ4v) is 2.36. The molecule has 0 saturated heterocycles. The highest BCUT2D eigenvalue weighted by Crippen LogP contribution is 2.20. The average Bonchev–Trinajstić information content (AvgIpc) is 2.61. The van der Waals surface area contributed by atoms with Gasteiger partial charge in [0.25, 0.3) is 11.8 Å².